The standard InChI is InChI=1S/C9H14ClN3O/c1-13(5-7(10)4-11)6-9(14)12-8-2-3-8/h7-8H,2-3,5-6H2,1H3,(H,12,14). The van der Waals surface area contributed by atoms with Crippen LogP contribution in [-0.2, 0) is 4.79 Å². The van der Waals surface area contributed by atoms with Crippen molar-refractivity contribution < 1.29 is 4.79 Å². The molecule has 1 amide bonds. The lowest BCUT2D eigenvalue weighted by Crippen LogP contribution is -2.38. The Bertz CT molecular complexity index is 247. The van der Waals surface area contributed by atoms with Gasteiger partial charge in [-0.2, -0.15) is 5.26 Å². The molecule has 0 heterocycles. The molecule has 1 unspecified atom stereocenters. The first-order chi connectivity index (χ1) is 6.61. The van der Waals surface area contributed by atoms with E-state index in [1.54, 1.807) is 11.9 Å². The van der Waals surface area contributed by atoms with Crippen LogP contribution in [0.25, 0.3) is 0 Å². The predicted octanol–water partition coefficient (Wildman–Crippen LogP) is 0.328. The van der Waals surface area contributed by atoms with Crippen LogP contribution in [0.2, 0.25) is 0 Å². The van der Waals surface area contributed by atoms with Crippen molar-refractivity contribution in [1.82, 2.24) is 10.2 Å². The highest BCUT2D eigenvalue weighted by Gasteiger charge is 2.23. The van der Waals surface area contributed by atoms with Crippen molar-refractivity contribution in [2.24, 2.45) is 0 Å². The van der Waals surface area contributed by atoms with E-state index in [1.807, 2.05) is 6.07 Å². The number of carbonyl (C=O) groups is 1. The average molecular weight is 216 g/mol. The van der Waals surface area contributed by atoms with Crippen molar-refractivity contribution in [1.29, 1.82) is 5.26 Å². The van der Waals surface area contributed by atoms with Crippen LogP contribution in [0.4, 0.5) is 0 Å². The Morgan fingerprint density at radius 1 is 1.79 bits per heavy atom. The number of rotatable bonds is 5. The first kappa shape index (κ1) is 11.3. The van der Waals surface area contributed by atoms with Gasteiger partial charge in [0, 0.05) is 12.6 Å². The van der Waals surface area contributed by atoms with E-state index in [-0.39, 0.29) is 5.91 Å². The van der Waals surface area contributed by atoms with Gasteiger partial charge in [-0.05, 0) is 19.9 Å². The topological polar surface area (TPSA) is 56.1 Å². The second-order valence-corrected chi connectivity index (χ2v) is 4.16. The third-order valence-corrected chi connectivity index (χ3v) is 2.20. The number of likely N-dealkylation sites (N-methyl/N-ethyl adjacent to an activating group) is 1. The maximum atomic E-state index is 11.3. The van der Waals surface area contributed by atoms with Gasteiger partial charge in [0.05, 0.1) is 12.6 Å². The lowest BCUT2D eigenvalue weighted by atomic mass is 10.4. The van der Waals surface area contributed by atoms with Crippen molar-refractivity contribution in [3.8, 4) is 6.07 Å². The number of nitrogens with zero attached hydrogens (tertiary/aromatic N) is 2. The first-order valence-electron chi connectivity index (χ1n) is 4.63. The zero-order chi connectivity index (χ0) is 10.6. The minimum atomic E-state index is -0.547. The number of nitriles is 1. The predicted molar refractivity (Wildman–Crippen MR) is 53.9 cm³/mol. The maximum absolute atomic E-state index is 11.3. The number of halogens is 1. The molecule has 1 aliphatic rings. The monoisotopic (exact) mass is 215 g/mol. The fourth-order valence-corrected chi connectivity index (χ4v) is 1.36. The Hall–Kier alpha value is -0.790. The summed E-state index contributed by atoms with van der Waals surface area (Å²) in [6, 6.07) is 2.30. The van der Waals surface area contributed by atoms with Crippen molar-refractivity contribution in [2.45, 2.75) is 24.3 Å². The van der Waals surface area contributed by atoms with Gasteiger partial charge >= 0.3 is 0 Å². The molecule has 4 nitrogen and oxygen atoms in total. The van der Waals surface area contributed by atoms with Gasteiger partial charge in [-0.25, -0.2) is 0 Å². The number of carbonyl (C=O) groups excluding carboxylic acids is 1. The lowest BCUT2D eigenvalue weighted by Gasteiger charge is -2.16. The van der Waals surface area contributed by atoms with E-state index in [0.717, 1.165) is 12.8 Å². The second kappa shape index (κ2) is 5.18. The number of hydrogen-bond donors (Lipinski definition) is 1. The molecule has 0 aliphatic heterocycles. The maximum Gasteiger partial charge on any atom is 0.234 e. The minimum absolute atomic E-state index is 0.0109. The molecule has 0 radical (unpaired) electrons. The highest BCUT2D eigenvalue weighted by Crippen LogP contribution is 2.18. The van der Waals surface area contributed by atoms with Gasteiger partial charge in [-0.3, -0.25) is 9.69 Å². The van der Waals surface area contributed by atoms with Crippen molar-refractivity contribution >= 4 is 17.5 Å². The van der Waals surface area contributed by atoms with E-state index in [4.69, 9.17) is 16.9 Å². The van der Waals surface area contributed by atoms with Crippen LogP contribution >= 0.6 is 11.6 Å². The molecule has 0 saturated heterocycles. The Morgan fingerprint density at radius 3 is 2.93 bits per heavy atom. The third-order valence-electron chi connectivity index (χ3n) is 1.97. The molecule has 14 heavy (non-hydrogen) atoms. The summed E-state index contributed by atoms with van der Waals surface area (Å²) in [5, 5.41) is 10.8. The molecule has 0 aromatic rings. The molecule has 5 heteroatoms. The summed E-state index contributed by atoms with van der Waals surface area (Å²) < 4.78 is 0. The Labute approximate surface area is 88.8 Å². The van der Waals surface area contributed by atoms with Crippen LogP contribution in [0.3, 0.4) is 0 Å². The lowest BCUT2D eigenvalue weighted by molar-refractivity contribution is -0.122. The summed E-state index contributed by atoms with van der Waals surface area (Å²) in [7, 11) is 1.78. The zero-order valence-electron chi connectivity index (χ0n) is 8.16. The molecule has 1 rings (SSSR count). The molecule has 1 saturated carbocycles. The van der Waals surface area contributed by atoms with E-state index < -0.39 is 5.38 Å². The van der Waals surface area contributed by atoms with Crippen molar-refractivity contribution in [3.63, 3.8) is 0 Å². The van der Waals surface area contributed by atoms with E-state index in [1.165, 1.54) is 0 Å². The number of nitrogens with one attached hydrogen (secondary N) is 1. The summed E-state index contributed by atoms with van der Waals surface area (Å²) in [6.07, 6.45) is 2.18. The van der Waals surface area contributed by atoms with E-state index in [9.17, 15) is 4.79 Å². The molecule has 0 bridgehead atoms. The zero-order valence-corrected chi connectivity index (χ0v) is 8.92. The highest BCUT2D eigenvalue weighted by atomic mass is 35.5. The fourth-order valence-electron chi connectivity index (χ4n) is 1.13. The van der Waals surface area contributed by atoms with Crippen LogP contribution in [0.1, 0.15) is 12.8 Å². The van der Waals surface area contributed by atoms with Gasteiger partial charge in [-0.15, -0.1) is 11.6 Å². The molecular weight excluding hydrogens is 202 g/mol. The smallest absolute Gasteiger partial charge is 0.234 e. The highest BCUT2D eigenvalue weighted by molar-refractivity contribution is 6.22. The molecular formula is C9H14ClN3O. The van der Waals surface area contributed by atoms with E-state index >= 15 is 0 Å². The largest absolute Gasteiger partial charge is 0.352 e. The molecule has 0 spiro atoms. The third kappa shape index (κ3) is 4.45. The number of hydrogen-bond acceptors (Lipinski definition) is 3. The molecule has 0 aromatic carbocycles. The van der Waals surface area contributed by atoms with Crippen LogP contribution in [0.15, 0.2) is 0 Å². The number of amides is 1. The Kier molecular flexibility index (Phi) is 4.18. The summed E-state index contributed by atoms with van der Waals surface area (Å²) in [5.74, 6) is 0.0109. The molecule has 1 aliphatic carbocycles. The van der Waals surface area contributed by atoms with Crippen LogP contribution in [-0.4, -0.2) is 42.4 Å². The van der Waals surface area contributed by atoms with Gasteiger partial charge < -0.3 is 5.32 Å². The van der Waals surface area contributed by atoms with Crippen molar-refractivity contribution in [3.05, 3.63) is 0 Å². The molecule has 1 N–H and O–H groups in total. The van der Waals surface area contributed by atoms with Gasteiger partial charge in [0.15, 0.2) is 0 Å². The first-order valence-corrected chi connectivity index (χ1v) is 5.07. The Morgan fingerprint density at radius 2 is 2.43 bits per heavy atom. The minimum Gasteiger partial charge on any atom is -0.352 e. The van der Waals surface area contributed by atoms with Crippen LogP contribution < -0.4 is 5.32 Å². The summed E-state index contributed by atoms with van der Waals surface area (Å²) in [5.41, 5.74) is 0. The van der Waals surface area contributed by atoms with E-state index in [0.29, 0.717) is 19.1 Å². The van der Waals surface area contributed by atoms with Gasteiger partial charge in [0.2, 0.25) is 5.91 Å². The van der Waals surface area contributed by atoms with Gasteiger partial charge in [-0.1, -0.05) is 0 Å². The summed E-state index contributed by atoms with van der Waals surface area (Å²) in [6.45, 7) is 0.720. The summed E-state index contributed by atoms with van der Waals surface area (Å²) in [4.78, 5) is 13.0. The molecule has 78 valence electrons. The Balaban J connectivity index is 2.15. The van der Waals surface area contributed by atoms with Crippen LogP contribution in [0.5, 0.6) is 0 Å². The van der Waals surface area contributed by atoms with E-state index in [2.05, 4.69) is 5.32 Å². The molecule has 1 atom stereocenters. The number of alkyl halides is 1. The molecule has 0 aromatic heterocycles. The van der Waals surface area contributed by atoms with Gasteiger partial charge in [0.25, 0.3) is 0 Å². The van der Waals surface area contributed by atoms with Crippen molar-refractivity contribution in [2.75, 3.05) is 20.1 Å². The average Bonchev–Trinajstić information content (AvgIpc) is 2.87. The quantitative estimate of drug-likeness (QED) is 0.673. The summed E-state index contributed by atoms with van der Waals surface area (Å²) >= 11 is 5.63. The SMILES string of the molecule is CN(CC(=O)NC1CC1)CC(Cl)C#N. The second-order valence-electron chi connectivity index (χ2n) is 3.64. The van der Waals surface area contributed by atoms with Gasteiger partial charge in [0.1, 0.15) is 5.38 Å². The van der Waals surface area contributed by atoms with Crippen LogP contribution in [0, 0.1) is 11.3 Å². The fraction of sp³-hybridized carbons (Fsp3) is 0.778. The molecule has 1 fully saturated rings. The normalized spacial score (nSPS) is 17.6.